The number of nitrogens with zero attached hydrogens (tertiary/aromatic N) is 2. The Labute approximate surface area is 119 Å². The Morgan fingerprint density at radius 3 is 2.10 bits per heavy atom. The van der Waals surface area contributed by atoms with Gasteiger partial charge in [0.1, 0.15) is 5.92 Å². The van der Waals surface area contributed by atoms with Crippen LogP contribution >= 0.6 is 0 Å². The van der Waals surface area contributed by atoms with Crippen molar-refractivity contribution in [3.8, 4) is 0 Å². The van der Waals surface area contributed by atoms with E-state index in [1.165, 1.54) is 11.9 Å². The summed E-state index contributed by atoms with van der Waals surface area (Å²) in [5, 5.41) is 9.23. The molecular weight excluding hydrogens is 260 g/mol. The van der Waals surface area contributed by atoms with Gasteiger partial charge >= 0.3 is 5.97 Å². The summed E-state index contributed by atoms with van der Waals surface area (Å²) >= 11 is 0. The van der Waals surface area contributed by atoms with Crippen LogP contribution in [0, 0.1) is 11.3 Å². The van der Waals surface area contributed by atoms with Crippen LogP contribution in [0.1, 0.15) is 33.6 Å². The summed E-state index contributed by atoms with van der Waals surface area (Å²) in [5.74, 6) is -2.92. The second-order valence-electron chi connectivity index (χ2n) is 6.42. The molecular formula is C14H24N2O4. The second-order valence-corrected chi connectivity index (χ2v) is 6.42. The van der Waals surface area contributed by atoms with Crippen LogP contribution in [0.3, 0.4) is 0 Å². The van der Waals surface area contributed by atoms with Crippen molar-refractivity contribution >= 4 is 17.8 Å². The lowest BCUT2D eigenvalue weighted by molar-refractivity contribution is -0.157. The van der Waals surface area contributed by atoms with Gasteiger partial charge in [-0.25, -0.2) is 0 Å². The lowest BCUT2D eigenvalue weighted by Crippen LogP contribution is -2.47. The van der Waals surface area contributed by atoms with Crippen LogP contribution in [0.25, 0.3) is 0 Å². The van der Waals surface area contributed by atoms with Gasteiger partial charge in [-0.1, -0.05) is 20.8 Å². The molecule has 1 unspecified atom stereocenters. The zero-order chi connectivity index (χ0) is 15.5. The summed E-state index contributed by atoms with van der Waals surface area (Å²) in [5.41, 5.74) is -0.687. The maximum absolute atomic E-state index is 12.3. The van der Waals surface area contributed by atoms with Crippen molar-refractivity contribution in [1.29, 1.82) is 0 Å². The Hall–Kier alpha value is -1.59. The topological polar surface area (TPSA) is 77.9 Å². The zero-order valence-electron chi connectivity index (χ0n) is 12.7. The normalized spacial score (nSPS) is 16.9. The molecule has 1 N–H and O–H groups in total. The third-order valence-corrected chi connectivity index (χ3v) is 3.57. The lowest BCUT2D eigenvalue weighted by Gasteiger charge is -2.30. The summed E-state index contributed by atoms with van der Waals surface area (Å²) in [7, 11) is 1.48. The van der Waals surface area contributed by atoms with Crippen molar-refractivity contribution < 1.29 is 19.5 Å². The van der Waals surface area contributed by atoms with Crippen LogP contribution < -0.4 is 0 Å². The highest BCUT2D eigenvalue weighted by molar-refractivity contribution is 5.99. The van der Waals surface area contributed by atoms with Crippen molar-refractivity contribution in [2.45, 2.75) is 33.6 Å². The van der Waals surface area contributed by atoms with Crippen LogP contribution in [0.2, 0.25) is 0 Å². The third kappa shape index (κ3) is 3.95. The number of hydrogen-bond donors (Lipinski definition) is 1. The Morgan fingerprint density at radius 2 is 1.70 bits per heavy atom. The first-order valence-electron chi connectivity index (χ1n) is 6.90. The minimum absolute atomic E-state index is 0.0569. The summed E-state index contributed by atoms with van der Waals surface area (Å²) in [6, 6.07) is 0. The van der Waals surface area contributed by atoms with E-state index >= 15 is 0 Å². The summed E-state index contributed by atoms with van der Waals surface area (Å²) in [4.78, 5) is 38.5. The van der Waals surface area contributed by atoms with E-state index in [-0.39, 0.29) is 12.5 Å². The van der Waals surface area contributed by atoms with E-state index in [0.29, 0.717) is 0 Å². The molecule has 1 heterocycles. The predicted octanol–water partition coefficient (Wildman–Crippen LogP) is 0.814. The van der Waals surface area contributed by atoms with Crippen LogP contribution in [0.15, 0.2) is 0 Å². The number of likely N-dealkylation sites (tertiary alicyclic amines) is 1. The first-order valence-corrected chi connectivity index (χ1v) is 6.90. The number of rotatable bonds is 4. The van der Waals surface area contributed by atoms with Gasteiger partial charge in [-0.2, -0.15) is 0 Å². The van der Waals surface area contributed by atoms with E-state index in [9.17, 15) is 19.5 Å². The minimum atomic E-state index is -1.15. The van der Waals surface area contributed by atoms with E-state index in [0.717, 1.165) is 25.9 Å². The fraction of sp³-hybridized carbons (Fsp3) is 0.786. The Bertz CT molecular complexity index is 394. The molecule has 2 amide bonds. The Balaban J connectivity index is 2.69. The standard InChI is InChI=1S/C14H24N2O4/c1-14(2,3)11(13(19)20)12(18)15(4)9-10(17)16-7-5-6-8-16/h11H,5-9H2,1-4H3,(H,19,20). The van der Waals surface area contributed by atoms with Gasteiger partial charge in [-0.05, 0) is 18.3 Å². The lowest BCUT2D eigenvalue weighted by atomic mass is 9.80. The number of hydrogen-bond acceptors (Lipinski definition) is 3. The maximum Gasteiger partial charge on any atom is 0.316 e. The van der Waals surface area contributed by atoms with Gasteiger partial charge in [0.25, 0.3) is 0 Å². The molecule has 1 saturated heterocycles. The van der Waals surface area contributed by atoms with E-state index in [4.69, 9.17) is 0 Å². The molecule has 1 aliphatic heterocycles. The fourth-order valence-corrected chi connectivity index (χ4v) is 2.41. The van der Waals surface area contributed by atoms with Crippen molar-refractivity contribution in [1.82, 2.24) is 9.80 Å². The number of amides is 2. The second kappa shape index (κ2) is 6.24. The number of aliphatic carboxylic acids is 1. The first-order chi connectivity index (χ1) is 9.14. The first kappa shape index (κ1) is 16.5. The quantitative estimate of drug-likeness (QED) is 0.775. The van der Waals surface area contributed by atoms with E-state index in [2.05, 4.69) is 0 Å². The highest BCUT2D eigenvalue weighted by Crippen LogP contribution is 2.27. The molecule has 20 heavy (non-hydrogen) atoms. The number of carbonyl (C=O) groups is 3. The highest BCUT2D eigenvalue weighted by Gasteiger charge is 2.39. The molecule has 0 aliphatic carbocycles. The van der Waals surface area contributed by atoms with E-state index in [1.807, 2.05) is 0 Å². The number of carbonyl (C=O) groups excluding carboxylic acids is 2. The number of carboxylic acid groups (broad SMARTS) is 1. The van der Waals surface area contributed by atoms with E-state index in [1.54, 1.807) is 25.7 Å². The summed E-state index contributed by atoms with van der Waals surface area (Å²) in [6.45, 7) is 6.52. The summed E-state index contributed by atoms with van der Waals surface area (Å²) < 4.78 is 0. The van der Waals surface area contributed by atoms with Crippen molar-refractivity contribution in [2.75, 3.05) is 26.7 Å². The number of carboxylic acids is 1. The van der Waals surface area contributed by atoms with Gasteiger partial charge in [-0.3, -0.25) is 14.4 Å². The smallest absolute Gasteiger partial charge is 0.316 e. The third-order valence-electron chi connectivity index (χ3n) is 3.57. The molecule has 1 aliphatic rings. The van der Waals surface area contributed by atoms with Gasteiger partial charge < -0.3 is 14.9 Å². The van der Waals surface area contributed by atoms with Crippen molar-refractivity contribution in [3.05, 3.63) is 0 Å². The van der Waals surface area contributed by atoms with E-state index < -0.39 is 23.2 Å². The van der Waals surface area contributed by atoms with Gasteiger partial charge in [0.05, 0.1) is 6.54 Å². The molecule has 0 radical (unpaired) electrons. The fourth-order valence-electron chi connectivity index (χ4n) is 2.41. The monoisotopic (exact) mass is 284 g/mol. The Kier molecular flexibility index (Phi) is 5.14. The molecule has 0 spiro atoms. The van der Waals surface area contributed by atoms with Crippen LogP contribution in [-0.4, -0.2) is 59.4 Å². The molecule has 1 fully saturated rings. The van der Waals surface area contributed by atoms with Crippen LogP contribution in [0.5, 0.6) is 0 Å². The molecule has 6 nitrogen and oxygen atoms in total. The minimum Gasteiger partial charge on any atom is -0.481 e. The van der Waals surface area contributed by atoms with Crippen molar-refractivity contribution in [3.63, 3.8) is 0 Å². The molecule has 114 valence electrons. The SMILES string of the molecule is CN(CC(=O)N1CCCC1)C(=O)C(C(=O)O)C(C)(C)C. The molecule has 1 rings (SSSR count). The average molecular weight is 284 g/mol. The molecule has 0 aromatic heterocycles. The van der Waals surface area contributed by atoms with Gasteiger partial charge in [0, 0.05) is 20.1 Å². The maximum atomic E-state index is 12.3. The van der Waals surface area contributed by atoms with Crippen molar-refractivity contribution in [2.24, 2.45) is 11.3 Å². The summed E-state index contributed by atoms with van der Waals surface area (Å²) in [6.07, 6.45) is 1.98. The molecule has 0 saturated carbocycles. The largest absolute Gasteiger partial charge is 0.481 e. The van der Waals surface area contributed by atoms with Gasteiger partial charge in [0.15, 0.2) is 0 Å². The Morgan fingerprint density at radius 1 is 1.20 bits per heavy atom. The molecule has 0 bridgehead atoms. The predicted molar refractivity (Wildman–Crippen MR) is 74.0 cm³/mol. The molecule has 0 aromatic rings. The molecule has 1 atom stereocenters. The van der Waals surface area contributed by atoms with Crippen LogP contribution in [0.4, 0.5) is 0 Å². The zero-order valence-corrected chi connectivity index (χ0v) is 12.7. The number of likely N-dealkylation sites (N-methyl/N-ethyl adjacent to an activating group) is 1. The molecule has 6 heteroatoms. The van der Waals surface area contributed by atoms with Gasteiger partial charge in [-0.15, -0.1) is 0 Å². The highest BCUT2D eigenvalue weighted by atomic mass is 16.4. The molecule has 0 aromatic carbocycles. The average Bonchev–Trinajstić information content (AvgIpc) is 2.79. The van der Waals surface area contributed by atoms with Crippen LogP contribution in [-0.2, 0) is 14.4 Å². The van der Waals surface area contributed by atoms with Gasteiger partial charge in [0.2, 0.25) is 11.8 Å².